The first-order valence-electron chi connectivity index (χ1n) is 6.22. The Hall–Kier alpha value is -0.570. The number of Topliss-reactive ketones (excluding diaryl/α,β-unsaturated/α-hetero) is 1. The average molecular weight is 287 g/mol. The van der Waals surface area contributed by atoms with Crippen LogP contribution in [0, 0.1) is 0 Å². The Morgan fingerprint density at radius 3 is 2.94 bits per heavy atom. The first kappa shape index (κ1) is 13.9. The molecule has 0 bridgehead atoms. The number of hydrogen-bond acceptors (Lipinski definition) is 2. The van der Waals surface area contributed by atoms with Crippen molar-refractivity contribution in [2.24, 2.45) is 0 Å². The van der Waals surface area contributed by atoms with Crippen molar-refractivity contribution in [2.75, 3.05) is 6.61 Å². The smallest absolute Gasteiger partial charge is 0.137 e. The van der Waals surface area contributed by atoms with Crippen LogP contribution in [0.4, 0.5) is 0 Å². The molecular formula is C14H16Cl2O2. The third-order valence-corrected chi connectivity index (χ3v) is 3.77. The third-order valence-electron chi connectivity index (χ3n) is 3.16. The van der Waals surface area contributed by atoms with Crippen molar-refractivity contribution in [3.05, 3.63) is 33.8 Å². The zero-order valence-corrected chi connectivity index (χ0v) is 11.6. The maximum absolute atomic E-state index is 11.9. The maximum Gasteiger partial charge on any atom is 0.137 e. The van der Waals surface area contributed by atoms with E-state index in [0.29, 0.717) is 22.9 Å². The quantitative estimate of drug-likeness (QED) is 0.816. The molecule has 1 atom stereocenters. The summed E-state index contributed by atoms with van der Waals surface area (Å²) < 4.78 is 5.50. The van der Waals surface area contributed by atoms with Gasteiger partial charge in [0.15, 0.2) is 0 Å². The van der Waals surface area contributed by atoms with Crippen molar-refractivity contribution in [1.29, 1.82) is 0 Å². The lowest BCUT2D eigenvalue weighted by atomic mass is 10.0. The van der Waals surface area contributed by atoms with Crippen molar-refractivity contribution in [1.82, 2.24) is 0 Å². The fourth-order valence-corrected chi connectivity index (χ4v) is 2.55. The fourth-order valence-electron chi connectivity index (χ4n) is 2.17. The molecule has 0 aliphatic carbocycles. The summed E-state index contributed by atoms with van der Waals surface area (Å²) in [7, 11) is 0. The normalized spacial score (nSPS) is 19.1. The van der Waals surface area contributed by atoms with Gasteiger partial charge < -0.3 is 4.74 Å². The Labute approximate surface area is 117 Å². The minimum atomic E-state index is 0.190. The molecule has 0 N–H and O–H groups in total. The van der Waals surface area contributed by atoms with Crippen LogP contribution >= 0.6 is 23.2 Å². The maximum atomic E-state index is 11.9. The van der Waals surface area contributed by atoms with E-state index < -0.39 is 0 Å². The van der Waals surface area contributed by atoms with Crippen molar-refractivity contribution < 1.29 is 9.53 Å². The van der Waals surface area contributed by atoms with Gasteiger partial charge >= 0.3 is 0 Å². The van der Waals surface area contributed by atoms with Gasteiger partial charge in [0, 0.05) is 29.5 Å². The highest BCUT2D eigenvalue weighted by molar-refractivity contribution is 6.33. The van der Waals surface area contributed by atoms with Gasteiger partial charge in [-0.1, -0.05) is 23.2 Å². The van der Waals surface area contributed by atoms with Crippen molar-refractivity contribution >= 4 is 29.0 Å². The van der Waals surface area contributed by atoms with E-state index in [-0.39, 0.29) is 11.9 Å². The Morgan fingerprint density at radius 2 is 2.22 bits per heavy atom. The van der Waals surface area contributed by atoms with E-state index in [9.17, 15) is 4.79 Å². The number of ether oxygens (including phenoxy) is 1. The van der Waals surface area contributed by atoms with Gasteiger partial charge in [0.25, 0.3) is 0 Å². The number of carbonyl (C=O) groups is 1. The first-order chi connectivity index (χ1) is 8.65. The van der Waals surface area contributed by atoms with Gasteiger partial charge in [-0.05, 0) is 43.0 Å². The van der Waals surface area contributed by atoms with Crippen LogP contribution in [0.25, 0.3) is 0 Å². The van der Waals surface area contributed by atoms with Crippen LogP contribution in [0.3, 0.4) is 0 Å². The minimum Gasteiger partial charge on any atom is -0.378 e. The number of carbonyl (C=O) groups excluding carboxylic acids is 1. The Balaban J connectivity index is 1.84. The monoisotopic (exact) mass is 286 g/mol. The molecule has 1 aliphatic rings. The first-order valence-corrected chi connectivity index (χ1v) is 6.98. The molecule has 1 heterocycles. The average Bonchev–Trinajstić information content (AvgIpc) is 2.84. The Morgan fingerprint density at radius 1 is 1.39 bits per heavy atom. The summed E-state index contributed by atoms with van der Waals surface area (Å²) in [5, 5.41) is 1.21. The number of halogens is 2. The van der Waals surface area contributed by atoms with Crippen LogP contribution in [-0.4, -0.2) is 18.5 Å². The highest BCUT2D eigenvalue weighted by atomic mass is 35.5. The molecule has 18 heavy (non-hydrogen) atoms. The molecule has 2 rings (SSSR count). The van der Waals surface area contributed by atoms with Crippen LogP contribution in [-0.2, 0) is 16.0 Å². The largest absolute Gasteiger partial charge is 0.378 e. The fraction of sp³-hybridized carbons (Fsp3) is 0.500. The van der Waals surface area contributed by atoms with Gasteiger partial charge in [-0.3, -0.25) is 4.79 Å². The van der Waals surface area contributed by atoms with Gasteiger partial charge in [-0.15, -0.1) is 0 Å². The second-order valence-electron chi connectivity index (χ2n) is 4.62. The van der Waals surface area contributed by atoms with E-state index in [1.54, 1.807) is 18.2 Å². The van der Waals surface area contributed by atoms with Crippen molar-refractivity contribution in [3.8, 4) is 0 Å². The molecule has 1 aromatic carbocycles. The topological polar surface area (TPSA) is 26.3 Å². The van der Waals surface area contributed by atoms with E-state index in [4.69, 9.17) is 27.9 Å². The van der Waals surface area contributed by atoms with Crippen LogP contribution in [0.1, 0.15) is 31.2 Å². The molecule has 98 valence electrons. The summed E-state index contributed by atoms with van der Waals surface area (Å²) in [5.74, 6) is 0.190. The lowest BCUT2D eigenvalue weighted by molar-refractivity contribution is -0.119. The zero-order valence-electron chi connectivity index (χ0n) is 10.1. The van der Waals surface area contributed by atoms with Gasteiger partial charge in [0.2, 0.25) is 0 Å². The lowest BCUT2D eigenvalue weighted by Gasteiger charge is -2.09. The third kappa shape index (κ3) is 3.98. The van der Waals surface area contributed by atoms with Crippen LogP contribution in [0.5, 0.6) is 0 Å². The number of benzene rings is 1. The summed E-state index contributed by atoms with van der Waals surface area (Å²) >= 11 is 11.9. The van der Waals surface area contributed by atoms with E-state index in [0.717, 1.165) is 31.4 Å². The second kappa shape index (κ2) is 6.55. The van der Waals surface area contributed by atoms with Crippen LogP contribution in [0.15, 0.2) is 18.2 Å². The Bertz CT molecular complexity index is 426. The molecule has 1 fully saturated rings. The minimum absolute atomic E-state index is 0.190. The molecule has 0 radical (unpaired) electrons. The van der Waals surface area contributed by atoms with E-state index in [1.165, 1.54) is 0 Å². The van der Waals surface area contributed by atoms with E-state index >= 15 is 0 Å². The van der Waals surface area contributed by atoms with Crippen molar-refractivity contribution in [3.63, 3.8) is 0 Å². The molecule has 1 saturated heterocycles. The summed E-state index contributed by atoms with van der Waals surface area (Å²) in [6, 6.07) is 5.21. The van der Waals surface area contributed by atoms with E-state index in [1.807, 2.05) is 0 Å². The van der Waals surface area contributed by atoms with Gasteiger partial charge in [-0.2, -0.15) is 0 Å². The summed E-state index contributed by atoms with van der Waals surface area (Å²) in [6.45, 7) is 0.832. The van der Waals surface area contributed by atoms with Gasteiger partial charge in [0.05, 0.1) is 6.10 Å². The molecule has 1 aliphatic heterocycles. The SMILES string of the molecule is O=C(CCC1CCCO1)Cc1cc(Cl)ccc1Cl. The molecular weight excluding hydrogens is 271 g/mol. The standard InChI is InChI=1S/C14H16Cl2O2/c15-11-3-6-14(16)10(8-11)9-12(17)4-5-13-2-1-7-18-13/h3,6,8,13H,1-2,4-5,7,9H2. The molecule has 1 unspecified atom stereocenters. The molecule has 0 amide bonds. The summed E-state index contributed by atoms with van der Waals surface area (Å²) in [5.41, 5.74) is 0.807. The van der Waals surface area contributed by atoms with Crippen molar-refractivity contribution in [2.45, 2.75) is 38.2 Å². The van der Waals surface area contributed by atoms with Gasteiger partial charge in [-0.25, -0.2) is 0 Å². The predicted octanol–water partition coefficient (Wildman–Crippen LogP) is 4.06. The number of rotatable bonds is 5. The van der Waals surface area contributed by atoms with Crippen LogP contribution < -0.4 is 0 Å². The van der Waals surface area contributed by atoms with E-state index in [2.05, 4.69) is 0 Å². The summed E-state index contributed by atoms with van der Waals surface area (Å²) in [4.78, 5) is 11.9. The molecule has 0 saturated carbocycles. The highest BCUT2D eigenvalue weighted by Gasteiger charge is 2.17. The van der Waals surface area contributed by atoms with Crippen LogP contribution in [0.2, 0.25) is 10.0 Å². The molecule has 0 spiro atoms. The molecule has 0 aromatic heterocycles. The van der Waals surface area contributed by atoms with Gasteiger partial charge in [0.1, 0.15) is 5.78 Å². The lowest BCUT2D eigenvalue weighted by Crippen LogP contribution is -2.10. The predicted molar refractivity (Wildman–Crippen MR) is 73.4 cm³/mol. The zero-order chi connectivity index (χ0) is 13.0. The Kier molecular flexibility index (Phi) is 5.04. The number of hydrogen-bond donors (Lipinski definition) is 0. The summed E-state index contributed by atoms with van der Waals surface area (Å²) in [6.07, 6.45) is 4.17. The molecule has 1 aromatic rings. The number of ketones is 1. The molecule has 2 nitrogen and oxygen atoms in total. The second-order valence-corrected chi connectivity index (χ2v) is 5.47. The molecule has 4 heteroatoms. The highest BCUT2D eigenvalue weighted by Crippen LogP contribution is 2.22.